The maximum Gasteiger partial charge on any atom is 0.180 e. The molecule has 2 rings (SSSR count). The van der Waals surface area contributed by atoms with Gasteiger partial charge in [-0.2, -0.15) is 0 Å². The summed E-state index contributed by atoms with van der Waals surface area (Å²) in [4.78, 5) is 12.3. The molecule has 0 aliphatic heterocycles. The van der Waals surface area contributed by atoms with Crippen LogP contribution in [0, 0.1) is 0 Å². The first-order chi connectivity index (χ1) is 6.09. The standard InChI is InChI=1S/C9H12N4/c1-9(2,3)13-6-12-8-7(13)4-10-5-11-8/h4-6H,1-3H3. The second-order valence-electron chi connectivity index (χ2n) is 4.02. The van der Waals surface area contributed by atoms with E-state index in [2.05, 4.69) is 40.3 Å². The fourth-order valence-electron chi connectivity index (χ4n) is 1.29. The van der Waals surface area contributed by atoms with Gasteiger partial charge in [-0.25, -0.2) is 15.0 Å². The van der Waals surface area contributed by atoms with Crippen LogP contribution in [0.5, 0.6) is 0 Å². The summed E-state index contributed by atoms with van der Waals surface area (Å²) in [6, 6.07) is 0. The highest BCUT2D eigenvalue weighted by atomic mass is 15.1. The molecule has 0 saturated carbocycles. The molecule has 0 bridgehead atoms. The summed E-state index contributed by atoms with van der Waals surface area (Å²) in [6.45, 7) is 6.38. The molecule has 0 saturated heterocycles. The number of hydrogen-bond acceptors (Lipinski definition) is 3. The van der Waals surface area contributed by atoms with Crippen LogP contribution in [0.3, 0.4) is 0 Å². The van der Waals surface area contributed by atoms with Crippen molar-refractivity contribution in [2.24, 2.45) is 0 Å². The Balaban J connectivity index is 2.72. The second-order valence-corrected chi connectivity index (χ2v) is 4.02. The number of imidazole rings is 1. The summed E-state index contributed by atoms with van der Waals surface area (Å²) in [5.41, 5.74) is 1.76. The number of fused-ring (bicyclic) bond motifs is 1. The zero-order chi connectivity index (χ0) is 9.47. The van der Waals surface area contributed by atoms with Crippen molar-refractivity contribution >= 4 is 11.2 Å². The Morgan fingerprint density at radius 3 is 2.69 bits per heavy atom. The van der Waals surface area contributed by atoms with Gasteiger partial charge in [-0.1, -0.05) is 0 Å². The van der Waals surface area contributed by atoms with Crippen LogP contribution in [-0.4, -0.2) is 19.5 Å². The molecule has 4 nitrogen and oxygen atoms in total. The van der Waals surface area contributed by atoms with Gasteiger partial charge >= 0.3 is 0 Å². The monoisotopic (exact) mass is 176 g/mol. The fourth-order valence-corrected chi connectivity index (χ4v) is 1.29. The van der Waals surface area contributed by atoms with Gasteiger partial charge in [0.25, 0.3) is 0 Å². The van der Waals surface area contributed by atoms with E-state index in [4.69, 9.17) is 0 Å². The average molecular weight is 176 g/mol. The molecule has 13 heavy (non-hydrogen) atoms. The molecule has 2 heterocycles. The quantitative estimate of drug-likeness (QED) is 0.612. The Morgan fingerprint density at radius 1 is 1.23 bits per heavy atom. The topological polar surface area (TPSA) is 43.6 Å². The van der Waals surface area contributed by atoms with E-state index >= 15 is 0 Å². The molecule has 0 spiro atoms. The highest BCUT2D eigenvalue weighted by Crippen LogP contribution is 2.19. The van der Waals surface area contributed by atoms with E-state index in [9.17, 15) is 0 Å². The number of nitrogens with zero attached hydrogens (tertiary/aromatic N) is 4. The van der Waals surface area contributed by atoms with Crippen molar-refractivity contribution in [2.45, 2.75) is 26.3 Å². The summed E-state index contributed by atoms with van der Waals surface area (Å²) in [7, 11) is 0. The van der Waals surface area contributed by atoms with Gasteiger partial charge < -0.3 is 4.57 Å². The van der Waals surface area contributed by atoms with Gasteiger partial charge in [0.05, 0.1) is 12.5 Å². The first-order valence-corrected chi connectivity index (χ1v) is 4.22. The fraction of sp³-hybridized carbons (Fsp3) is 0.444. The van der Waals surface area contributed by atoms with Crippen LogP contribution in [0.15, 0.2) is 18.9 Å². The molecule has 0 amide bonds. The summed E-state index contributed by atoms with van der Waals surface area (Å²) < 4.78 is 2.07. The van der Waals surface area contributed by atoms with Crippen molar-refractivity contribution in [1.82, 2.24) is 19.5 Å². The van der Waals surface area contributed by atoms with E-state index < -0.39 is 0 Å². The minimum Gasteiger partial charge on any atom is -0.323 e. The number of rotatable bonds is 0. The minimum atomic E-state index is 0.0272. The predicted octanol–water partition coefficient (Wildman–Crippen LogP) is 1.58. The Bertz CT molecular complexity index is 424. The third kappa shape index (κ3) is 1.28. The molecule has 0 radical (unpaired) electrons. The summed E-state index contributed by atoms with van der Waals surface area (Å²) >= 11 is 0. The van der Waals surface area contributed by atoms with Crippen molar-refractivity contribution in [1.29, 1.82) is 0 Å². The van der Waals surface area contributed by atoms with Crippen LogP contribution in [0.1, 0.15) is 20.8 Å². The van der Waals surface area contributed by atoms with E-state index in [1.165, 1.54) is 6.33 Å². The summed E-state index contributed by atoms with van der Waals surface area (Å²) in [6.07, 6.45) is 5.11. The summed E-state index contributed by atoms with van der Waals surface area (Å²) in [5, 5.41) is 0. The summed E-state index contributed by atoms with van der Waals surface area (Å²) in [5.74, 6) is 0. The molecule has 0 aromatic carbocycles. The van der Waals surface area contributed by atoms with Gasteiger partial charge in [-0.15, -0.1) is 0 Å². The van der Waals surface area contributed by atoms with Gasteiger partial charge in [0.2, 0.25) is 0 Å². The lowest BCUT2D eigenvalue weighted by molar-refractivity contribution is 0.408. The molecule has 0 aliphatic rings. The van der Waals surface area contributed by atoms with E-state index in [-0.39, 0.29) is 5.54 Å². The molecule has 4 heteroatoms. The maximum absolute atomic E-state index is 4.20. The van der Waals surface area contributed by atoms with Crippen molar-refractivity contribution in [3.8, 4) is 0 Å². The van der Waals surface area contributed by atoms with Crippen LogP contribution >= 0.6 is 0 Å². The highest BCUT2D eigenvalue weighted by Gasteiger charge is 2.15. The predicted molar refractivity (Wildman–Crippen MR) is 50.3 cm³/mol. The molecule has 0 unspecified atom stereocenters. The van der Waals surface area contributed by atoms with Crippen LogP contribution in [0.25, 0.3) is 11.2 Å². The second kappa shape index (κ2) is 2.52. The molecule has 0 N–H and O–H groups in total. The maximum atomic E-state index is 4.20. The minimum absolute atomic E-state index is 0.0272. The van der Waals surface area contributed by atoms with E-state index in [1.54, 1.807) is 12.5 Å². The lowest BCUT2D eigenvalue weighted by atomic mass is 10.1. The largest absolute Gasteiger partial charge is 0.323 e. The van der Waals surface area contributed by atoms with Crippen molar-refractivity contribution in [3.05, 3.63) is 18.9 Å². The third-order valence-electron chi connectivity index (χ3n) is 1.95. The van der Waals surface area contributed by atoms with Crippen LogP contribution in [-0.2, 0) is 5.54 Å². The zero-order valence-electron chi connectivity index (χ0n) is 8.02. The van der Waals surface area contributed by atoms with E-state index in [0.29, 0.717) is 0 Å². The normalized spacial score (nSPS) is 12.2. The van der Waals surface area contributed by atoms with Gasteiger partial charge in [-0.05, 0) is 20.8 Å². The zero-order valence-corrected chi connectivity index (χ0v) is 8.02. The van der Waals surface area contributed by atoms with Gasteiger partial charge in [0.15, 0.2) is 5.65 Å². The van der Waals surface area contributed by atoms with Crippen LogP contribution in [0.2, 0.25) is 0 Å². The first kappa shape index (κ1) is 8.16. The van der Waals surface area contributed by atoms with Crippen molar-refractivity contribution in [3.63, 3.8) is 0 Å². The highest BCUT2D eigenvalue weighted by molar-refractivity contribution is 5.69. The van der Waals surface area contributed by atoms with Crippen LogP contribution < -0.4 is 0 Å². The Labute approximate surface area is 76.7 Å². The molecule has 2 aromatic rings. The number of aromatic nitrogens is 4. The molecule has 68 valence electrons. The molecule has 0 atom stereocenters. The van der Waals surface area contributed by atoms with E-state index in [1.807, 2.05) is 0 Å². The lowest BCUT2D eigenvalue weighted by Crippen LogP contribution is -2.20. The van der Waals surface area contributed by atoms with Gasteiger partial charge in [0, 0.05) is 5.54 Å². The smallest absolute Gasteiger partial charge is 0.180 e. The Hall–Kier alpha value is -1.45. The Morgan fingerprint density at radius 2 is 2.00 bits per heavy atom. The van der Waals surface area contributed by atoms with E-state index in [0.717, 1.165) is 11.2 Å². The third-order valence-corrected chi connectivity index (χ3v) is 1.95. The van der Waals surface area contributed by atoms with Crippen molar-refractivity contribution < 1.29 is 0 Å². The van der Waals surface area contributed by atoms with Crippen LogP contribution in [0.4, 0.5) is 0 Å². The molecule has 2 aromatic heterocycles. The molecule has 0 fully saturated rings. The lowest BCUT2D eigenvalue weighted by Gasteiger charge is -2.20. The Kier molecular flexibility index (Phi) is 1.58. The molecule has 0 aliphatic carbocycles. The molecular formula is C9H12N4. The first-order valence-electron chi connectivity index (χ1n) is 4.22. The SMILES string of the molecule is CC(C)(C)n1cnc2ncncc21. The van der Waals surface area contributed by atoms with Crippen molar-refractivity contribution in [2.75, 3.05) is 0 Å². The molecular weight excluding hydrogens is 164 g/mol. The number of hydrogen-bond donors (Lipinski definition) is 0. The average Bonchev–Trinajstić information content (AvgIpc) is 2.45. The van der Waals surface area contributed by atoms with Gasteiger partial charge in [-0.3, -0.25) is 0 Å². The van der Waals surface area contributed by atoms with Gasteiger partial charge in [0.1, 0.15) is 11.8 Å².